The molecule has 0 unspecified atom stereocenters. The van der Waals surface area contributed by atoms with Crippen LogP contribution < -0.4 is 10.5 Å². The Kier molecular flexibility index (Phi) is 3.61. The van der Waals surface area contributed by atoms with Gasteiger partial charge in [0.2, 0.25) is 0 Å². The second kappa shape index (κ2) is 5.02. The molecule has 4 nitrogen and oxygen atoms in total. The van der Waals surface area contributed by atoms with Crippen LogP contribution in [0.4, 0.5) is 5.69 Å². The largest absolute Gasteiger partial charge is 0.487 e. The number of rotatable bonds is 3. The van der Waals surface area contributed by atoms with E-state index in [4.69, 9.17) is 10.5 Å². The van der Waals surface area contributed by atoms with Crippen molar-refractivity contribution < 1.29 is 4.74 Å². The highest BCUT2D eigenvalue weighted by Crippen LogP contribution is 2.26. The molecule has 0 aliphatic heterocycles. The second-order valence-corrected chi connectivity index (χ2v) is 5.02. The molecule has 2 rings (SSSR count). The monoisotopic (exact) mass is 309 g/mol. The van der Waals surface area contributed by atoms with Crippen molar-refractivity contribution >= 4 is 21.6 Å². The Hall–Kier alpha value is -1.49. The fraction of sp³-hybridized carbons (Fsp3) is 0.308. The first-order valence-electron chi connectivity index (χ1n) is 5.66. The molecule has 96 valence electrons. The fourth-order valence-corrected chi connectivity index (χ4v) is 2.22. The number of hydrogen-bond acceptors (Lipinski definition) is 3. The zero-order valence-electron chi connectivity index (χ0n) is 10.7. The molecule has 5 heteroatoms. The number of benzene rings is 1. The van der Waals surface area contributed by atoms with Gasteiger partial charge < -0.3 is 10.5 Å². The summed E-state index contributed by atoms with van der Waals surface area (Å²) in [4.78, 5) is 0. The maximum atomic E-state index is 5.85. The number of anilines is 1. The number of nitrogens with two attached hydrogens (primary N) is 1. The maximum Gasteiger partial charge on any atom is 0.131 e. The van der Waals surface area contributed by atoms with Gasteiger partial charge in [-0.2, -0.15) is 5.10 Å². The molecule has 0 spiro atoms. The van der Waals surface area contributed by atoms with E-state index in [1.807, 2.05) is 43.8 Å². The number of hydrogen-bond donors (Lipinski definition) is 1. The number of aryl methyl sites for hydroxylation is 2. The van der Waals surface area contributed by atoms with Gasteiger partial charge in [0.25, 0.3) is 0 Å². The van der Waals surface area contributed by atoms with E-state index in [0.29, 0.717) is 6.61 Å². The van der Waals surface area contributed by atoms with Crippen LogP contribution in [0.1, 0.15) is 17.0 Å². The lowest BCUT2D eigenvalue weighted by molar-refractivity contribution is 0.292. The Morgan fingerprint density at radius 1 is 1.39 bits per heavy atom. The van der Waals surface area contributed by atoms with Crippen LogP contribution in [-0.4, -0.2) is 9.78 Å². The van der Waals surface area contributed by atoms with Crippen LogP contribution in [0.25, 0.3) is 0 Å². The first kappa shape index (κ1) is 13.0. The lowest BCUT2D eigenvalue weighted by atomic mass is 10.2. The summed E-state index contributed by atoms with van der Waals surface area (Å²) in [5.41, 5.74) is 9.52. The van der Waals surface area contributed by atoms with Crippen LogP contribution in [-0.2, 0) is 13.7 Å². The SMILES string of the molecule is Cc1nn(C)c(COc2cccc(N)c2C)c1Br. The van der Waals surface area contributed by atoms with Crippen molar-refractivity contribution in [2.24, 2.45) is 7.05 Å². The predicted octanol–water partition coefficient (Wildman–Crippen LogP) is 2.96. The van der Waals surface area contributed by atoms with E-state index in [1.165, 1.54) is 0 Å². The first-order valence-corrected chi connectivity index (χ1v) is 6.46. The highest BCUT2D eigenvalue weighted by atomic mass is 79.9. The normalized spacial score (nSPS) is 10.7. The van der Waals surface area contributed by atoms with E-state index in [9.17, 15) is 0 Å². The van der Waals surface area contributed by atoms with Gasteiger partial charge in [-0.15, -0.1) is 0 Å². The lowest BCUT2D eigenvalue weighted by Gasteiger charge is -2.11. The summed E-state index contributed by atoms with van der Waals surface area (Å²) >= 11 is 3.52. The van der Waals surface area contributed by atoms with E-state index in [2.05, 4.69) is 21.0 Å². The van der Waals surface area contributed by atoms with Crippen molar-refractivity contribution in [3.63, 3.8) is 0 Å². The Bertz CT molecular complexity index is 578. The van der Waals surface area contributed by atoms with Gasteiger partial charge in [-0.1, -0.05) is 6.07 Å². The third-order valence-corrected chi connectivity index (χ3v) is 3.98. The lowest BCUT2D eigenvalue weighted by Crippen LogP contribution is -2.05. The summed E-state index contributed by atoms with van der Waals surface area (Å²) in [6.07, 6.45) is 0. The van der Waals surface area contributed by atoms with E-state index in [0.717, 1.165) is 32.9 Å². The average Bonchev–Trinajstić information content (AvgIpc) is 2.56. The summed E-state index contributed by atoms with van der Waals surface area (Å²) in [5.74, 6) is 0.806. The Balaban J connectivity index is 2.19. The summed E-state index contributed by atoms with van der Waals surface area (Å²) in [7, 11) is 1.91. The zero-order valence-corrected chi connectivity index (χ0v) is 12.3. The van der Waals surface area contributed by atoms with Crippen molar-refractivity contribution in [1.82, 2.24) is 9.78 Å². The summed E-state index contributed by atoms with van der Waals surface area (Å²) in [6.45, 7) is 4.37. The second-order valence-electron chi connectivity index (χ2n) is 4.23. The molecule has 0 radical (unpaired) electrons. The minimum Gasteiger partial charge on any atom is -0.487 e. The summed E-state index contributed by atoms with van der Waals surface area (Å²) in [5, 5.41) is 4.33. The molecule has 0 atom stereocenters. The van der Waals surface area contributed by atoms with Gasteiger partial charge >= 0.3 is 0 Å². The number of halogens is 1. The third-order valence-electron chi connectivity index (χ3n) is 2.95. The predicted molar refractivity (Wildman–Crippen MR) is 75.6 cm³/mol. The molecule has 0 saturated heterocycles. The smallest absolute Gasteiger partial charge is 0.131 e. The van der Waals surface area contributed by atoms with Gasteiger partial charge in [-0.3, -0.25) is 4.68 Å². The highest BCUT2D eigenvalue weighted by molar-refractivity contribution is 9.10. The van der Waals surface area contributed by atoms with E-state index in [-0.39, 0.29) is 0 Å². The molecule has 2 aromatic rings. The van der Waals surface area contributed by atoms with Crippen molar-refractivity contribution in [2.75, 3.05) is 5.73 Å². The summed E-state index contributed by atoms with van der Waals surface area (Å²) < 4.78 is 8.62. The highest BCUT2D eigenvalue weighted by Gasteiger charge is 2.12. The van der Waals surface area contributed by atoms with Gasteiger partial charge in [-0.25, -0.2) is 0 Å². The average molecular weight is 310 g/mol. The number of aromatic nitrogens is 2. The van der Waals surface area contributed by atoms with Crippen LogP contribution in [0.2, 0.25) is 0 Å². The Morgan fingerprint density at radius 2 is 2.11 bits per heavy atom. The summed E-state index contributed by atoms with van der Waals surface area (Å²) in [6, 6.07) is 5.68. The van der Waals surface area contributed by atoms with Gasteiger partial charge in [0.1, 0.15) is 12.4 Å². The standard InChI is InChI=1S/C13H16BrN3O/c1-8-10(15)5-4-6-12(8)18-7-11-13(14)9(2)16-17(11)3/h4-6H,7,15H2,1-3H3. The van der Waals surface area contributed by atoms with Crippen LogP contribution in [0.3, 0.4) is 0 Å². The van der Waals surface area contributed by atoms with Crippen LogP contribution in [0, 0.1) is 13.8 Å². The molecular weight excluding hydrogens is 294 g/mol. The molecule has 0 saturated carbocycles. The van der Waals surface area contributed by atoms with Crippen molar-refractivity contribution in [3.05, 3.63) is 39.6 Å². The molecule has 0 fully saturated rings. The quantitative estimate of drug-likeness (QED) is 0.887. The van der Waals surface area contributed by atoms with Crippen molar-refractivity contribution in [2.45, 2.75) is 20.5 Å². The molecule has 0 bridgehead atoms. The fourth-order valence-electron chi connectivity index (χ4n) is 1.77. The van der Waals surface area contributed by atoms with Crippen LogP contribution in [0.15, 0.2) is 22.7 Å². The Labute approximate surface area is 115 Å². The molecule has 1 aromatic carbocycles. The number of nitrogen functional groups attached to an aromatic ring is 1. The molecular formula is C13H16BrN3O. The van der Waals surface area contributed by atoms with Gasteiger partial charge in [0, 0.05) is 18.3 Å². The zero-order chi connectivity index (χ0) is 13.3. The molecule has 18 heavy (non-hydrogen) atoms. The molecule has 1 heterocycles. The van der Waals surface area contributed by atoms with E-state index < -0.39 is 0 Å². The maximum absolute atomic E-state index is 5.85. The minimum atomic E-state index is 0.461. The Morgan fingerprint density at radius 3 is 2.72 bits per heavy atom. The van der Waals surface area contributed by atoms with Crippen LogP contribution in [0.5, 0.6) is 5.75 Å². The van der Waals surface area contributed by atoms with E-state index in [1.54, 1.807) is 0 Å². The van der Waals surface area contributed by atoms with Crippen molar-refractivity contribution in [3.8, 4) is 5.75 Å². The number of ether oxygens (including phenoxy) is 1. The van der Waals surface area contributed by atoms with Gasteiger partial charge in [0.05, 0.1) is 15.9 Å². The van der Waals surface area contributed by atoms with Gasteiger partial charge in [-0.05, 0) is 41.9 Å². The molecule has 2 N–H and O–H groups in total. The van der Waals surface area contributed by atoms with Gasteiger partial charge in [0.15, 0.2) is 0 Å². The third kappa shape index (κ3) is 2.36. The number of nitrogens with zero attached hydrogens (tertiary/aromatic N) is 2. The first-order chi connectivity index (χ1) is 8.50. The minimum absolute atomic E-state index is 0.461. The van der Waals surface area contributed by atoms with E-state index >= 15 is 0 Å². The van der Waals surface area contributed by atoms with Crippen molar-refractivity contribution in [1.29, 1.82) is 0 Å². The topological polar surface area (TPSA) is 53.1 Å². The molecule has 0 aliphatic carbocycles. The van der Waals surface area contributed by atoms with Crippen LogP contribution >= 0.6 is 15.9 Å². The molecule has 1 aromatic heterocycles. The molecule has 0 amide bonds. The molecule has 0 aliphatic rings.